The van der Waals surface area contributed by atoms with Crippen molar-refractivity contribution in [2.24, 2.45) is 0 Å². The molecule has 0 aliphatic carbocycles. The van der Waals surface area contributed by atoms with Gasteiger partial charge in [-0.1, -0.05) is 11.6 Å². The largest absolute Gasteiger partial charge is 0.449 e. The molecule has 26 heavy (non-hydrogen) atoms. The van der Waals surface area contributed by atoms with Crippen molar-refractivity contribution in [3.8, 4) is 0 Å². The maximum atomic E-state index is 12.2. The second-order valence-corrected chi connectivity index (χ2v) is 7.88. The van der Waals surface area contributed by atoms with Gasteiger partial charge in [0.2, 0.25) is 10.0 Å². The summed E-state index contributed by atoms with van der Waals surface area (Å²) in [6, 6.07) is 2.83. The third-order valence-corrected chi connectivity index (χ3v) is 5.30. The molecule has 0 aliphatic rings. The number of carbonyl (C=O) groups excluding carboxylic acids is 3. The Hall–Kier alpha value is -2.17. The van der Waals surface area contributed by atoms with Crippen LogP contribution >= 0.6 is 11.6 Å². The molecule has 0 fully saturated rings. The molecule has 2 N–H and O–H groups in total. The van der Waals surface area contributed by atoms with E-state index in [1.165, 1.54) is 33.2 Å². The molecule has 11 heteroatoms. The Morgan fingerprint density at radius 3 is 2.42 bits per heavy atom. The first kappa shape index (κ1) is 21.9. The van der Waals surface area contributed by atoms with Crippen LogP contribution in [0.5, 0.6) is 0 Å². The van der Waals surface area contributed by atoms with E-state index in [1.54, 1.807) is 6.92 Å². The SMILES string of the molecule is CCNC(=O)NC(=O)[C@H](C)OC(=O)c1cc(S(=O)(=O)N(C)C)ccc1Cl. The van der Waals surface area contributed by atoms with Crippen molar-refractivity contribution >= 4 is 39.5 Å². The summed E-state index contributed by atoms with van der Waals surface area (Å²) < 4.78 is 30.2. The number of carbonyl (C=O) groups is 3. The summed E-state index contributed by atoms with van der Waals surface area (Å²) in [5, 5.41) is 4.32. The van der Waals surface area contributed by atoms with Crippen molar-refractivity contribution < 1.29 is 27.5 Å². The average Bonchev–Trinajstić information content (AvgIpc) is 2.54. The molecule has 0 saturated carbocycles. The van der Waals surface area contributed by atoms with Crippen LogP contribution in [0.4, 0.5) is 4.79 Å². The van der Waals surface area contributed by atoms with Gasteiger partial charge in [0, 0.05) is 20.6 Å². The van der Waals surface area contributed by atoms with E-state index in [0.29, 0.717) is 6.54 Å². The molecule has 1 aromatic carbocycles. The second kappa shape index (κ2) is 8.97. The molecule has 1 aromatic rings. The lowest BCUT2D eigenvalue weighted by Crippen LogP contribution is -2.44. The number of nitrogens with one attached hydrogen (secondary N) is 2. The van der Waals surface area contributed by atoms with Crippen LogP contribution in [0.2, 0.25) is 5.02 Å². The van der Waals surface area contributed by atoms with Gasteiger partial charge in [-0.25, -0.2) is 22.3 Å². The number of nitrogens with zero attached hydrogens (tertiary/aromatic N) is 1. The number of esters is 1. The van der Waals surface area contributed by atoms with Crippen molar-refractivity contribution in [2.75, 3.05) is 20.6 Å². The van der Waals surface area contributed by atoms with Crippen LogP contribution in [0.1, 0.15) is 24.2 Å². The number of sulfonamides is 1. The minimum atomic E-state index is -3.78. The fraction of sp³-hybridized carbons (Fsp3) is 0.400. The van der Waals surface area contributed by atoms with Crippen LogP contribution in [0.3, 0.4) is 0 Å². The summed E-state index contributed by atoms with van der Waals surface area (Å²) in [7, 11) is -1.10. The van der Waals surface area contributed by atoms with Crippen molar-refractivity contribution in [1.82, 2.24) is 14.9 Å². The molecule has 3 amide bonds. The molecule has 0 radical (unpaired) electrons. The average molecular weight is 406 g/mol. The fourth-order valence-electron chi connectivity index (χ4n) is 1.73. The number of halogens is 1. The number of benzene rings is 1. The van der Waals surface area contributed by atoms with Gasteiger partial charge in [0.25, 0.3) is 5.91 Å². The second-order valence-electron chi connectivity index (χ2n) is 5.33. The fourth-order valence-corrected chi connectivity index (χ4v) is 2.85. The number of urea groups is 1. The van der Waals surface area contributed by atoms with E-state index >= 15 is 0 Å². The van der Waals surface area contributed by atoms with Crippen molar-refractivity contribution in [1.29, 1.82) is 0 Å². The third kappa shape index (κ3) is 5.41. The van der Waals surface area contributed by atoms with Crippen LogP contribution in [0.25, 0.3) is 0 Å². The molecule has 0 aromatic heterocycles. The van der Waals surface area contributed by atoms with Gasteiger partial charge in [0.1, 0.15) is 0 Å². The van der Waals surface area contributed by atoms with Gasteiger partial charge in [-0.3, -0.25) is 10.1 Å². The maximum Gasteiger partial charge on any atom is 0.340 e. The van der Waals surface area contributed by atoms with E-state index < -0.39 is 34.0 Å². The zero-order chi connectivity index (χ0) is 20.1. The van der Waals surface area contributed by atoms with E-state index in [0.717, 1.165) is 10.4 Å². The molecule has 0 saturated heterocycles. The summed E-state index contributed by atoms with van der Waals surface area (Å²) in [5.41, 5.74) is -0.216. The van der Waals surface area contributed by atoms with Gasteiger partial charge in [-0.05, 0) is 32.0 Å². The maximum absolute atomic E-state index is 12.2. The molecule has 0 aliphatic heterocycles. The smallest absolute Gasteiger partial charge is 0.340 e. The minimum absolute atomic E-state index is 0.0379. The van der Waals surface area contributed by atoms with E-state index in [4.69, 9.17) is 16.3 Å². The lowest BCUT2D eigenvalue weighted by Gasteiger charge is -2.15. The molecule has 9 nitrogen and oxygen atoms in total. The zero-order valence-electron chi connectivity index (χ0n) is 14.7. The number of ether oxygens (including phenoxy) is 1. The Bertz CT molecular complexity index is 810. The Labute approximate surface area is 156 Å². The molecule has 144 valence electrons. The minimum Gasteiger partial charge on any atom is -0.449 e. The number of hydrogen-bond donors (Lipinski definition) is 2. The quantitative estimate of drug-likeness (QED) is 0.680. The van der Waals surface area contributed by atoms with E-state index in [2.05, 4.69) is 5.32 Å². The van der Waals surface area contributed by atoms with Gasteiger partial charge in [-0.15, -0.1) is 0 Å². The molecule has 0 spiro atoms. The Kier molecular flexibility index (Phi) is 7.54. The van der Waals surface area contributed by atoms with Crippen LogP contribution in [-0.2, 0) is 19.6 Å². The predicted octanol–water partition coefficient (Wildman–Crippen LogP) is 0.981. The molecular formula is C15H20ClN3O6S. The van der Waals surface area contributed by atoms with Crippen molar-refractivity contribution in [3.63, 3.8) is 0 Å². The topological polar surface area (TPSA) is 122 Å². The first-order valence-electron chi connectivity index (χ1n) is 7.52. The molecular weight excluding hydrogens is 386 g/mol. The standard InChI is InChI=1S/C15H20ClN3O6S/c1-5-17-15(22)18-13(20)9(2)25-14(21)11-8-10(6-7-12(11)16)26(23,24)19(3)4/h6-9H,5H2,1-4H3,(H2,17,18,20,22)/t9-/m0/s1. The number of amides is 3. The lowest BCUT2D eigenvalue weighted by molar-refractivity contribution is -0.127. The highest BCUT2D eigenvalue weighted by Gasteiger charge is 2.25. The van der Waals surface area contributed by atoms with E-state index in [-0.39, 0.29) is 15.5 Å². The summed E-state index contributed by atoms with van der Waals surface area (Å²) in [6.45, 7) is 3.25. The highest BCUT2D eigenvalue weighted by atomic mass is 35.5. The van der Waals surface area contributed by atoms with Crippen molar-refractivity contribution in [3.05, 3.63) is 28.8 Å². The highest BCUT2D eigenvalue weighted by molar-refractivity contribution is 7.89. The first-order valence-corrected chi connectivity index (χ1v) is 9.34. The number of rotatable bonds is 6. The monoisotopic (exact) mass is 405 g/mol. The molecule has 0 bridgehead atoms. The highest BCUT2D eigenvalue weighted by Crippen LogP contribution is 2.23. The van der Waals surface area contributed by atoms with Gasteiger partial charge in [0.05, 0.1) is 15.5 Å². The van der Waals surface area contributed by atoms with Gasteiger partial charge < -0.3 is 10.1 Å². The van der Waals surface area contributed by atoms with Crippen LogP contribution in [0.15, 0.2) is 23.1 Å². The summed E-state index contributed by atoms with van der Waals surface area (Å²) in [5.74, 6) is -1.83. The lowest BCUT2D eigenvalue weighted by atomic mass is 10.2. The zero-order valence-corrected chi connectivity index (χ0v) is 16.3. The summed E-state index contributed by atoms with van der Waals surface area (Å²) in [6.07, 6.45) is -1.30. The third-order valence-electron chi connectivity index (χ3n) is 3.16. The summed E-state index contributed by atoms with van der Waals surface area (Å²) in [4.78, 5) is 35.2. The molecule has 0 unspecified atom stereocenters. The first-order chi connectivity index (χ1) is 12.0. The Morgan fingerprint density at radius 2 is 1.88 bits per heavy atom. The van der Waals surface area contributed by atoms with Gasteiger partial charge in [0.15, 0.2) is 6.10 Å². The molecule has 1 atom stereocenters. The van der Waals surface area contributed by atoms with Crippen LogP contribution in [0, 0.1) is 0 Å². The predicted molar refractivity (Wildman–Crippen MR) is 94.4 cm³/mol. The Balaban J connectivity index is 2.97. The molecule has 1 rings (SSSR count). The number of imide groups is 1. The van der Waals surface area contributed by atoms with Crippen LogP contribution in [-0.4, -0.2) is 57.4 Å². The van der Waals surface area contributed by atoms with E-state index in [9.17, 15) is 22.8 Å². The van der Waals surface area contributed by atoms with Crippen LogP contribution < -0.4 is 10.6 Å². The normalized spacial score (nSPS) is 12.4. The number of hydrogen-bond acceptors (Lipinski definition) is 6. The van der Waals surface area contributed by atoms with E-state index in [1.807, 2.05) is 5.32 Å². The summed E-state index contributed by atoms with van der Waals surface area (Å²) >= 11 is 5.94. The molecule has 0 heterocycles. The Morgan fingerprint density at radius 1 is 1.27 bits per heavy atom. The van der Waals surface area contributed by atoms with Gasteiger partial charge in [-0.2, -0.15) is 0 Å². The van der Waals surface area contributed by atoms with Gasteiger partial charge >= 0.3 is 12.0 Å². The van der Waals surface area contributed by atoms with Crippen molar-refractivity contribution in [2.45, 2.75) is 24.8 Å².